The van der Waals surface area contributed by atoms with Gasteiger partial charge in [-0.05, 0) is 69.2 Å². The molecule has 2 radical (unpaired) electrons. The van der Waals surface area contributed by atoms with Gasteiger partial charge in [-0.25, -0.2) is 4.79 Å². The Labute approximate surface area is 365 Å². The zero-order valence-electron chi connectivity index (χ0n) is 34.5. The Hall–Kier alpha value is -1.64. The second-order valence-corrected chi connectivity index (χ2v) is 20.6. The van der Waals surface area contributed by atoms with E-state index in [-0.39, 0.29) is 33.0 Å². The molecule has 0 aliphatic rings. The molecule has 0 saturated heterocycles. The van der Waals surface area contributed by atoms with Crippen LogP contribution in [0.2, 0.25) is 4.44 Å². The number of thiophene rings is 3. The molecule has 0 saturated carbocycles. The third-order valence-corrected chi connectivity index (χ3v) is 14.4. The van der Waals surface area contributed by atoms with E-state index in [1.54, 1.807) is 22.7 Å². The molecule has 0 amide bonds. The van der Waals surface area contributed by atoms with Gasteiger partial charge in [0.1, 0.15) is 0 Å². The molecule has 0 fully saturated rings. The van der Waals surface area contributed by atoms with Crippen LogP contribution in [-0.2, 0) is 47.4 Å². The van der Waals surface area contributed by atoms with Crippen molar-refractivity contribution in [3.05, 3.63) is 66.7 Å². The predicted molar refractivity (Wildman–Crippen MR) is 238 cm³/mol. The Morgan fingerprint density at radius 2 is 1.05 bits per heavy atom. The van der Waals surface area contributed by atoms with Crippen molar-refractivity contribution >= 4 is 84.3 Å². The number of rotatable bonds is 27. The Bertz CT molecular complexity index is 1280. The summed E-state index contributed by atoms with van der Waals surface area (Å²) in [4.78, 5) is 33.5. The van der Waals surface area contributed by atoms with Gasteiger partial charge in [-0.1, -0.05) is 84.5 Å². The van der Waals surface area contributed by atoms with Crippen molar-refractivity contribution in [3.63, 3.8) is 0 Å². The molecule has 0 atom stereocenters. The molecule has 0 bridgehead atoms. The van der Waals surface area contributed by atoms with Gasteiger partial charge < -0.3 is 14.6 Å². The zero-order chi connectivity index (χ0) is 41.3. The second-order valence-electron chi connectivity index (χ2n) is 13.0. The van der Waals surface area contributed by atoms with Gasteiger partial charge in [-0.3, -0.25) is 4.79 Å². The smallest absolute Gasteiger partial charge is 0.0471 e. The van der Waals surface area contributed by atoms with Crippen molar-refractivity contribution in [3.8, 4) is 0 Å². The molecule has 318 valence electrons. The normalized spacial score (nSPS) is 10.2. The van der Waals surface area contributed by atoms with E-state index >= 15 is 0 Å². The summed E-state index contributed by atoms with van der Waals surface area (Å²) in [5.41, 5.74) is 3.72. The summed E-state index contributed by atoms with van der Waals surface area (Å²) in [5, 5.41) is 18.4. The summed E-state index contributed by atoms with van der Waals surface area (Å²) in [6.07, 6.45) is 18.4. The van der Waals surface area contributed by atoms with E-state index in [0.29, 0.717) is 26.4 Å². The third-order valence-electron chi connectivity index (χ3n) is 7.97. The summed E-state index contributed by atoms with van der Waals surface area (Å²) < 4.78 is 23.0. The molecular weight excluding hydrogens is 895 g/mol. The summed E-state index contributed by atoms with van der Waals surface area (Å²) in [6, 6.07) is 6.34. The molecular formula is C43H69ClO8S3Sn. The first-order valence-electron chi connectivity index (χ1n) is 20.4. The molecule has 8 nitrogen and oxygen atoms in total. The van der Waals surface area contributed by atoms with E-state index in [4.69, 9.17) is 24.1 Å². The van der Waals surface area contributed by atoms with Crippen LogP contribution >= 0.6 is 45.6 Å². The van der Waals surface area contributed by atoms with Crippen LogP contribution in [0.15, 0.2) is 45.1 Å². The maximum Gasteiger partial charge on any atom is 0.0471 e. The zero-order valence-corrected chi connectivity index (χ0v) is 40.6. The average molecular weight is 964 g/mol. The minimum Gasteiger partial charge on any atom is -0.396 e. The summed E-state index contributed by atoms with van der Waals surface area (Å²) in [5.74, 6) is 0. The van der Waals surface area contributed by atoms with Crippen molar-refractivity contribution in [1.82, 2.24) is 0 Å². The van der Waals surface area contributed by atoms with Crippen LogP contribution < -0.4 is 0 Å². The fourth-order valence-corrected chi connectivity index (χ4v) is 10.2. The standard InChI is InChI=1S/C17H27O3S.C16H26O3S.C6H8OS.C2H3ClO.C2H5.Sn/c1-3-4-5-6-7-8-9-11-19-17(18)20-12-10-16-13-15(2)21-14-16;1-2-3-4-5-6-7-8-11-18-16(17)19-12-9-15-10-13-20-14-15;7-3-1-6-2-4-8-5-6;1-2(3)4;1-2;/h13-14H,2-12H2,1H3;10,13-14H,2-9,11-12H2,1H3;2,4-5,7H,1,3H2;1H3;1H2,2H3;. The van der Waals surface area contributed by atoms with Crippen LogP contribution in [0.4, 0.5) is 9.59 Å². The van der Waals surface area contributed by atoms with Crippen molar-refractivity contribution in [2.24, 2.45) is 0 Å². The quantitative estimate of drug-likeness (QED) is 0.0348. The van der Waals surface area contributed by atoms with Crippen molar-refractivity contribution < 1.29 is 38.4 Å². The Morgan fingerprint density at radius 3 is 1.48 bits per heavy atom. The molecule has 0 spiro atoms. The van der Waals surface area contributed by atoms with Crippen molar-refractivity contribution in [2.75, 3.05) is 33.0 Å². The van der Waals surface area contributed by atoms with Gasteiger partial charge in [0, 0.05) is 20.0 Å². The van der Waals surface area contributed by atoms with Crippen LogP contribution in [0, 0.1) is 0 Å². The van der Waals surface area contributed by atoms with Crippen molar-refractivity contribution in [2.45, 2.75) is 146 Å². The van der Waals surface area contributed by atoms with Crippen LogP contribution in [0.1, 0.15) is 139 Å². The molecule has 3 heterocycles. The number of unbranched alkanes of at least 4 members (excludes halogenated alkanes) is 12. The first kappa shape index (κ1) is 54.4. The maximum atomic E-state index is 11.5. The number of hydrogen-bond acceptors (Lipinski definition) is 11. The molecule has 3 rings (SSSR count). The van der Waals surface area contributed by atoms with Gasteiger partial charge in [0.25, 0.3) is 0 Å². The van der Waals surface area contributed by atoms with E-state index in [1.165, 1.54) is 102 Å². The van der Waals surface area contributed by atoms with Crippen LogP contribution in [-0.4, -0.2) is 76.8 Å². The fourth-order valence-electron chi connectivity index (χ4n) is 4.91. The molecule has 3 aromatic heterocycles. The summed E-state index contributed by atoms with van der Waals surface area (Å²) in [6.45, 7) is 10.1. The van der Waals surface area contributed by atoms with E-state index in [2.05, 4.69) is 54.6 Å². The molecule has 0 aliphatic heterocycles. The molecule has 0 aromatic carbocycles. The van der Waals surface area contributed by atoms with E-state index in [9.17, 15) is 14.4 Å². The predicted octanol–water partition coefficient (Wildman–Crippen LogP) is 13.1. The number of ether oxygens (including phenoxy) is 4. The Morgan fingerprint density at radius 1 is 0.625 bits per heavy atom. The van der Waals surface area contributed by atoms with E-state index < -0.39 is 12.3 Å². The largest absolute Gasteiger partial charge is 0.396 e. The van der Waals surface area contributed by atoms with Gasteiger partial charge in [0.15, 0.2) is 0 Å². The monoisotopic (exact) mass is 964 g/mol. The van der Waals surface area contributed by atoms with Crippen LogP contribution in [0.25, 0.3) is 0 Å². The summed E-state index contributed by atoms with van der Waals surface area (Å²) >= 11 is 9.63. The number of carbonyl (C=O) groups is 3. The molecule has 13 heteroatoms. The average Bonchev–Trinajstić information content (AvgIpc) is 3.98. The number of aliphatic hydroxyl groups excluding tert-OH is 1. The fraction of sp³-hybridized carbons (Fsp3) is 0.651. The van der Waals surface area contributed by atoms with Crippen molar-refractivity contribution in [1.29, 1.82) is 0 Å². The Kier molecular flexibility index (Phi) is 40.3. The third kappa shape index (κ3) is 37.9. The van der Waals surface area contributed by atoms with E-state index in [1.807, 2.05) is 34.2 Å². The first-order valence-corrected chi connectivity index (χ1v) is 27.6. The van der Waals surface area contributed by atoms with Gasteiger partial charge in [0.05, 0.1) is 13.2 Å². The molecule has 0 unspecified atom stereocenters. The first-order chi connectivity index (χ1) is 27.2. The maximum absolute atomic E-state index is 11.5. The summed E-state index contributed by atoms with van der Waals surface area (Å²) in [7, 11) is 0. The molecule has 0 aliphatic carbocycles. The number of hydrogen-bond donors (Lipinski definition) is 1. The topological polar surface area (TPSA) is 108 Å². The number of carbonyl (C=O) groups excluding carboxylic acids is 3. The van der Waals surface area contributed by atoms with Gasteiger partial charge in [-0.15, -0.1) is 0 Å². The van der Waals surface area contributed by atoms with E-state index in [0.717, 1.165) is 44.9 Å². The Balaban J connectivity index is 0.000000841. The number of halogens is 1. The van der Waals surface area contributed by atoms with Crippen LogP contribution in [0.3, 0.4) is 0 Å². The minimum absolute atomic E-state index is 0.168. The minimum atomic E-state index is -0.536. The van der Waals surface area contributed by atoms with Gasteiger partial charge in [-0.2, -0.15) is 22.7 Å². The number of aliphatic hydroxyl groups is 1. The molecule has 1 N–H and O–H groups in total. The second kappa shape index (κ2) is 41.5. The van der Waals surface area contributed by atoms with Crippen LogP contribution in [0.5, 0.6) is 0 Å². The molecule has 56 heavy (non-hydrogen) atoms. The molecule has 3 aromatic rings. The van der Waals surface area contributed by atoms with Gasteiger partial charge >= 0.3 is 129 Å². The SMILES string of the molecule is CC(=O)Cl.CCCCCCCCCOC(=O)OCCc1ccsc1.CCCCCCCCCOC(=O)OCCc1csc([CH2][Sn][CH2]C)c1.OCCc1ccsc1. The van der Waals surface area contributed by atoms with Gasteiger partial charge in [0.2, 0.25) is 5.24 Å².